The van der Waals surface area contributed by atoms with Gasteiger partial charge in [-0.25, -0.2) is 4.79 Å². The van der Waals surface area contributed by atoms with E-state index in [2.05, 4.69) is 19.2 Å². The van der Waals surface area contributed by atoms with Gasteiger partial charge in [0.25, 0.3) is 5.91 Å². The van der Waals surface area contributed by atoms with E-state index in [1.54, 1.807) is 6.07 Å². The third-order valence-corrected chi connectivity index (χ3v) is 4.64. The Labute approximate surface area is 155 Å². The third-order valence-electron chi connectivity index (χ3n) is 4.64. The molecule has 0 atom stereocenters. The van der Waals surface area contributed by atoms with Crippen LogP contribution in [0.1, 0.15) is 59.6 Å². The zero-order valence-electron chi connectivity index (χ0n) is 16.5. The van der Waals surface area contributed by atoms with Crippen LogP contribution in [0.25, 0.3) is 0 Å². The first-order chi connectivity index (χ1) is 12.3. The standard InChI is InChI=1S/C21H28N2O3/c1-7-23-15(5)11-18(16(23)6)21(25)26-12-19(24)22-20-14(4)9-8-10-17(20)13(2)3/h8-11,13H,7,12H2,1-6H3,(H,22,24). The first kappa shape index (κ1) is 19.8. The highest BCUT2D eigenvalue weighted by Gasteiger charge is 2.18. The Bertz CT molecular complexity index is 819. The number of hydrogen-bond donors (Lipinski definition) is 1. The van der Waals surface area contributed by atoms with Crippen LogP contribution in [0.2, 0.25) is 0 Å². The van der Waals surface area contributed by atoms with E-state index in [0.29, 0.717) is 5.56 Å². The molecule has 26 heavy (non-hydrogen) atoms. The summed E-state index contributed by atoms with van der Waals surface area (Å²) in [5, 5.41) is 2.89. The Kier molecular flexibility index (Phi) is 6.24. The predicted octanol–water partition coefficient (Wildman–Crippen LogP) is 4.35. The molecule has 1 N–H and O–H groups in total. The number of rotatable bonds is 6. The number of hydrogen-bond acceptors (Lipinski definition) is 3. The number of para-hydroxylation sites is 1. The minimum atomic E-state index is -0.471. The maximum atomic E-state index is 12.3. The lowest BCUT2D eigenvalue weighted by Gasteiger charge is -2.16. The summed E-state index contributed by atoms with van der Waals surface area (Å²) in [6.45, 7) is 12.4. The van der Waals surface area contributed by atoms with Gasteiger partial charge in [-0.2, -0.15) is 0 Å². The SMILES string of the molecule is CCn1c(C)cc(C(=O)OCC(=O)Nc2c(C)cccc2C(C)C)c1C. The van der Waals surface area contributed by atoms with E-state index in [4.69, 9.17) is 4.74 Å². The van der Waals surface area contributed by atoms with Gasteiger partial charge in [0.05, 0.1) is 5.56 Å². The van der Waals surface area contributed by atoms with Gasteiger partial charge in [0, 0.05) is 23.6 Å². The molecule has 1 aromatic heterocycles. The molecule has 1 aromatic carbocycles. The minimum Gasteiger partial charge on any atom is -0.452 e. The molecule has 0 aliphatic carbocycles. The van der Waals surface area contributed by atoms with Gasteiger partial charge in [-0.3, -0.25) is 4.79 Å². The summed E-state index contributed by atoms with van der Waals surface area (Å²) in [6, 6.07) is 7.73. The van der Waals surface area contributed by atoms with Crippen LogP contribution in [0.3, 0.4) is 0 Å². The Morgan fingerprint density at radius 3 is 2.46 bits per heavy atom. The smallest absolute Gasteiger partial charge is 0.340 e. The number of carbonyl (C=O) groups excluding carboxylic acids is 2. The quantitative estimate of drug-likeness (QED) is 0.783. The van der Waals surface area contributed by atoms with Gasteiger partial charge in [0.2, 0.25) is 0 Å². The molecule has 2 aromatic rings. The molecule has 0 saturated heterocycles. The highest BCUT2D eigenvalue weighted by Crippen LogP contribution is 2.27. The number of nitrogens with zero attached hydrogens (tertiary/aromatic N) is 1. The van der Waals surface area contributed by atoms with Crippen LogP contribution >= 0.6 is 0 Å². The number of amides is 1. The van der Waals surface area contributed by atoms with E-state index in [1.165, 1.54) is 0 Å². The van der Waals surface area contributed by atoms with Crippen molar-refractivity contribution in [1.82, 2.24) is 4.57 Å². The fraction of sp³-hybridized carbons (Fsp3) is 0.429. The van der Waals surface area contributed by atoms with Gasteiger partial charge >= 0.3 is 5.97 Å². The van der Waals surface area contributed by atoms with Crippen molar-refractivity contribution in [3.8, 4) is 0 Å². The number of ether oxygens (including phenoxy) is 1. The highest BCUT2D eigenvalue weighted by molar-refractivity contribution is 5.97. The molecule has 0 spiro atoms. The van der Waals surface area contributed by atoms with Gasteiger partial charge in [0.15, 0.2) is 6.61 Å². The molecule has 0 bridgehead atoms. The van der Waals surface area contributed by atoms with Gasteiger partial charge in [-0.05, 0) is 50.8 Å². The van der Waals surface area contributed by atoms with Crippen LogP contribution in [-0.4, -0.2) is 23.1 Å². The van der Waals surface area contributed by atoms with Gasteiger partial charge < -0.3 is 14.6 Å². The number of benzene rings is 1. The normalized spacial score (nSPS) is 10.9. The Morgan fingerprint density at radius 2 is 1.88 bits per heavy atom. The van der Waals surface area contributed by atoms with Gasteiger partial charge in [-0.15, -0.1) is 0 Å². The summed E-state index contributed by atoms with van der Waals surface area (Å²) in [7, 11) is 0. The first-order valence-electron chi connectivity index (χ1n) is 8.99. The second-order valence-corrected chi connectivity index (χ2v) is 6.85. The molecule has 5 nitrogen and oxygen atoms in total. The summed E-state index contributed by atoms with van der Waals surface area (Å²) >= 11 is 0. The van der Waals surface area contributed by atoms with Crippen molar-refractivity contribution in [1.29, 1.82) is 0 Å². The van der Waals surface area contributed by atoms with E-state index in [9.17, 15) is 9.59 Å². The van der Waals surface area contributed by atoms with Crippen molar-refractivity contribution in [3.05, 3.63) is 52.3 Å². The van der Waals surface area contributed by atoms with Gasteiger partial charge in [0.1, 0.15) is 0 Å². The molecule has 1 amide bonds. The fourth-order valence-corrected chi connectivity index (χ4v) is 3.22. The number of carbonyl (C=O) groups is 2. The van der Waals surface area contributed by atoms with Crippen LogP contribution in [0.5, 0.6) is 0 Å². The van der Waals surface area contributed by atoms with E-state index >= 15 is 0 Å². The molecule has 2 rings (SSSR count). The molecule has 0 saturated carbocycles. The molecule has 0 aliphatic rings. The molecular weight excluding hydrogens is 328 g/mol. The number of aryl methyl sites for hydroxylation is 2. The predicted molar refractivity (Wildman–Crippen MR) is 104 cm³/mol. The monoisotopic (exact) mass is 356 g/mol. The molecule has 140 valence electrons. The maximum Gasteiger partial charge on any atom is 0.340 e. The number of anilines is 1. The Morgan fingerprint density at radius 1 is 1.19 bits per heavy atom. The summed E-state index contributed by atoms with van der Waals surface area (Å²) in [6.07, 6.45) is 0. The molecule has 5 heteroatoms. The lowest BCUT2D eigenvalue weighted by atomic mass is 9.98. The summed E-state index contributed by atoms with van der Waals surface area (Å²) in [5.74, 6) is -0.521. The first-order valence-corrected chi connectivity index (χ1v) is 8.99. The number of aromatic nitrogens is 1. The van der Waals surface area contributed by atoms with E-state index in [-0.39, 0.29) is 18.4 Å². The molecule has 0 unspecified atom stereocenters. The summed E-state index contributed by atoms with van der Waals surface area (Å²) in [5.41, 5.74) is 5.22. The van der Waals surface area contributed by atoms with Crippen LogP contribution in [0.15, 0.2) is 24.3 Å². The third kappa shape index (κ3) is 4.15. The zero-order chi connectivity index (χ0) is 19.4. The largest absolute Gasteiger partial charge is 0.452 e. The van der Waals surface area contributed by atoms with E-state index in [1.807, 2.05) is 50.5 Å². The van der Waals surface area contributed by atoms with Crippen molar-refractivity contribution >= 4 is 17.6 Å². The summed E-state index contributed by atoms with van der Waals surface area (Å²) < 4.78 is 7.27. The summed E-state index contributed by atoms with van der Waals surface area (Å²) in [4.78, 5) is 24.6. The van der Waals surface area contributed by atoms with Gasteiger partial charge in [-0.1, -0.05) is 32.0 Å². The zero-order valence-corrected chi connectivity index (χ0v) is 16.5. The van der Waals surface area contributed by atoms with Crippen LogP contribution in [0.4, 0.5) is 5.69 Å². The lowest BCUT2D eigenvalue weighted by Crippen LogP contribution is -2.22. The van der Waals surface area contributed by atoms with Crippen LogP contribution < -0.4 is 5.32 Å². The van der Waals surface area contributed by atoms with E-state index in [0.717, 1.165) is 34.7 Å². The molecular formula is C21H28N2O3. The average molecular weight is 356 g/mol. The minimum absolute atomic E-state index is 0.284. The van der Waals surface area contributed by atoms with Crippen molar-refractivity contribution in [2.24, 2.45) is 0 Å². The average Bonchev–Trinajstić information content (AvgIpc) is 2.88. The van der Waals surface area contributed by atoms with Crippen LogP contribution in [0, 0.1) is 20.8 Å². The topological polar surface area (TPSA) is 60.3 Å². The van der Waals surface area contributed by atoms with Crippen LogP contribution in [-0.2, 0) is 16.1 Å². The lowest BCUT2D eigenvalue weighted by molar-refractivity contribution is -0.119. The highest BCUT2D eigenvalue weighted by atomic mass is 16.5. The maximum absolute atomic E-state index is 12.3. The molecule has 0 radical (unpaired) electrons. The van der Waals surface area contributed by atoms with Crippen molar-refractivity contribution < 1.29 is 14.3 Å². The molecule has 0 fully saturated rings. The Balaban J connectivity index is 2.05. The van der Waals surface area contributed by atoms with Crippen molar-refractivity contribution in [2.45, 2.75) is 54.0 Å². The molecule has 0 aliphatic heterocycles. The fourth-order valence-electron chi connectivity index (χ4n) is 3.22. The van der Waals surface area contributed by atoms with Crippen molar-refractivity contribution in [2.75, 3.05) is 11.9 Å². The number of nitrogens with one attached hydrogen (secondary N) is 1. The van der Waals surface area contributed by atoms with E-state index < -0.39 is 5.97 Å². The number of esters is 1. The second kappa shape index (κ2) is 8.21. The van der Waals surface area contributed by atoms with Crippen molar-refractivity contribution in [3.63, 3.8) is 0 Å². The Hall–Kier alpha value is -2.56. The molecule has 1 heterocycles. The second-order valence-electron chi connectivity index (χ2n) is 6.85.